The number of nitrogens with one attached hydrogen (secondary N) is 1. The van der Waals surface area contributed by atoms with Gasteiger partial charge in [-0.1, -0.05) is 6.92 Å². The van der Waals surface area contributed by atoms with Gasteiger partial charge >= 0.3 is 0 Å². The quantitative estimate of drug-likeness (QED) is 0.846. The zero-order valence-electron chi connectivity index (χ0n) is 12.8. The van der Waals surface area contributed by atoms with Crippen molar-refractivity contribution >= 4 is 16.5 Å². The standard InChI is InChI=1S/C15H27N3OS/c1-11(8-13(3)19)9-16-14-4-6-18(7-5-14)15-17-12(2)10-20-15/h10-11,13-14,16,19H,4-9H2,1-3H3. The van der Waals surface area contributed by atoms with Crippen LogP contribution < -0.4 is 10.2 Å². The van der Waals surface area contributed by atoms with E-state index in [9.17, 15) is 5.11 Å². The molecule has 4 nitrogen and oxygen atoms in total. The van der Waals surface area contributed by atoms with Crippen LogP contribution in [0.4, 0.5) is 5.13 Å². The number of nitrogens with zero attached hydrogens (tertiary/aromatic N) is 2. The van der Waals surface area contributed by atoms with Crippen LogP contribution in [-0.4, -0.2) is 41.9 Å². The molecule has 2 atom stereocenters. The van der Waals surface area contributed by atoms with Gasteiger partial charge in [0.05, 0.1) is 11.8 Å². The van der Waals surface area contributed by atoms with E-state index in [1.54, 1.807) is 11.3 Å². The monoisotopic (exact) mass is 297 g/mol. The van der Waals surface area contributed by atoms with Crippen LogP contribution in [0.5, 0.6) is 0 Å². The van der Waals surface area contributed by atoms with E-state index in [-0.39, 0.29) is 6.10 Å². The summed E-state index contributed by atoms with van der Waals surface area (Å²) in [5.74, 6) is 0.537. The minimum Gasteiger partial charge on any atom is -0.393 e. The number of thiazole rings is 1. The van der Waals surface area contributed by atoms with Crippen LogP contribution in [0.1, 0.15) is 38.8 Å². The summed E-state index contributed by atoms with van der Waals surface area (Å²) in [7, 11) is 0. The molecule has 2 rings (SSSR count). The Balaban J connectivity index is 1.69. The van der Waals surface area contributed by atoms with Crippen molar-refractivity contribution in [3.63, 3.8) is 0 Å². The van der Waals surface area contributed by atoms with Crippen LogP contribution in [0.15, 0.2) is 5.38 Å². The average Bonchev–Trinajstić information content (AvgIpc) is 2.83. The van der Waals surface area contributed by atoms with Gasteiger partial charge in [-0.3, -0.25) is 0 Å². The lowest BCUT2D eigenvalue weighted by Crippen LogP contribution is -2.43. The average molecular weight is 297 g/mol. The molecule has 0 amide bonds. The number of hydrogen-bond donors (Lipinski definition) is 2. The maximum absolute atomic E-state index is 9.38. The van der Waals surface area contributed by atoms with Gasteiger partial charge in [0.2, 0.25) is 0 Å². The summed E-state index contributed by atoms with van der Waals surface area (Å²) in [6.07, 6.45) is 3.05. The van der Waals surface area contributed by atoms with Gasteiger partial charge in [0.1, 0.15) is 0 Å². The Morgan fingerprint density at radius 3 is 2.70 bits per heavy atom. The molecule has 1 fully saturated rings. The van der Waals surface area contributed by atoms with Gasteiger partial charge in [-0.2, -0.15) is 0 Å². The first kappa shape index (κ1) is 15.7. The molecule has 0 aliphatic carbocycles. The first-order chi connectivity index (χ1) is 9.54. The number of aromatic nitrogens is 1. The SMILES string of the molecule is Cc1csc(N2CCC(NCC(C)CC(C)O)CC2)n1. The van der Waals surface area contributed by atoms with Crippen LogP contribution in [0.25, 0.3) is 0 Å². The van der Waals surface area contributed by atoms with Crippen LogP contribution in [0.2, 0.25) is 0 Å². The second-order valence-electron chi connectivity index (χ2n) is 6.13. The van der Waals surface area contributed by atoms with Crippen LogP contribution in [-0.2, 0) is 0 Å². The van der Waals surface area contributed by atoms with Crippen molar-refractivity contribution in [3.05, 3.63) is 11.1 Å². The smallest absolute Gasteiger partial charge is 0.185 e. The van der Waals surface area contributed by atoms with Gasteiger partial charge in [-0.25, -0.2) is 4.98 Å². The maximum atomic E-state index is 9.38. The summed E-state index contributed by atoms with van der Waals surface area (Å²) in [5, 5.41) is 16.3. The fraction of sp³-hybridized carbons (Fsp3) is 0.800. The van der Waals surface area contributed by atoms with Crippen molar-refractivity contribution in [2.45, 2.75) is 52.2 Å². The highest BCUT2D eigenvalue weighted by Crippen LogP contribution is 2.23. The van der Waals surface area contributed by atoms with Crippen molar-refractivity contribution < 1.29 is 5.11 Å². The molecule has 20 heavy (non-hydrogen) atoms. The lowest BCUT2D eigenvalue weighted by atomic mass is 10.0. The highest BCUT2D eigenvalue weighted by molar-refractivity contribution is 7.13. The Morgan fingerprint density at radius 1 is 1.45 bits per heavy atom. The van der Waals surface area contributed by atoms with E-state index in [0.29, 0.717) is 12.0 Å². The molecule has 0 saturated carbocycles. The molecule has 5 heteroatoms. The van der Waals surface area contributed by atoms with Crippen LogP contribution in [0, 0.1) is 12.8 Å². The summed E-state index contributed by atoms with van der Waals surface area (Å²) in [4.78, 5) is 6.96. The topological polar surface area (TPSA) is 48.4 Å². The van der Waals surface area contributed by atoms with Crippen molar-refractivity contribution in [3.8, 4) is 0 Å². The normalized spacial score (nSPS) is 20.1. The second kappa shape index (κ2) is 7.38. The van der Waals surface area contributed by atoms with E-state index in [1.807, 2.05) is 6.92 Å². The predicted molar refractivity (Wildman–Crippen MR) is 85.6 cm³/mol. The highest BCUT2D eigenvalue weighted by Gasteiger charge is 2.21. The Morgan fingerprint density at radius 2 is 2.15 bits per heavy atom. The van der Waals surface area contributed by atoms with E-state index in [1.165, 1.54) is 18.0 Å². The number of hydrogen-bond acceptors (Lipinski definition) is 5. The minimum absolute atomic E-state index is 0.193. The molecule has 1 aliphatic rings. The molecule has 1 aliphatic heterocycles. The van der Waals surface area contributed by atoms with E-state index in [0.717, 1.165) is 31.7 Å². The predicted octanol–water partition coefficient (Wildman–Crippen LogP) is 2.42. The Hall–Kier alpha value is -0.650. The highest BCUT2D eigenvalue weighted by atomic mass is 32.1. The molecule has 1 saturated heterocycles. The number of piperidine rings is 1. The molecule has 2 N–H and O–H groups in total. The molecule has 114 valence electrons. The fourth-order valence-electron chi connectivity index (χ4n) is 2.80. The van der Waals surface area contributed by atoms with Gasteiger partial charge < -0.3 is 15.3 Å². The molecular weight excluding hydrogens is 270 g/mol. The van der Waals surface area contributed by atoms with Gasteiger partial charge in [0.15, 0.2) is 5.13 Å². The van der Waals surface area contributed by atoms with Gasteiger partial charge in [-0.05, 0) is 45.6 Å². The van der Waals surface area contributed by atoms with Crippen LogP contribution in [0.3, 0.4) is 0 Å². The summed E-state index contributed by atoms with van der Waals surface area (Å²) in [6, 6.07) is 0.615. The maximum Gasteiger partial charge on any atom is 0.185 e. The molecule has 0 radical (unpaired) electrons. The molecule has 1 aromatic rings. The van der Waals surface area contributed by atoms with Gasteiger partial charge in [0.25, 0.3) is 0 Å². The second-order valence-corrected chi connectivity index (χ2v) is 6.97. The number of aliphatic hydroxyl groups excluding tert-OH is 1. The summed E-state index contributed by atoms with van der Waals surface area (Å²) < 4.78 is 0. The van der Waals surface area contributed by atoms with Gasteiger partial charge in [-0.15, -0.1) is 11.3 Å². The van der Waals surface area contributed by atoms with Crippen LogP contribution >= 0.6 is 11.3 Å². The van der Waals surface area contributed by atoms with E-state index < -0.39 is 0 Å². The first-order valence-electron chi connectivity index (χ1n) is 7.63. The third kappa shape index (κ3) is 4.72. The van der Waals surface area contributed by atoms with E-state index in [2.05, 4.69) is 34.4 Å². The first-order valence-corrected chi connectivity index (χ1v) is 8.51. The van der Waals surface area contributed by atoms with Crippen molar-refractivity contribution in [1.29, 1.82) is 0 Å². The third-order valence-corrected chi connectivity index (χ3v) is 4.89. The third-order valence-electron chi connectivity index (χ3n) is 3.87. The molecular formula is C15H27N3OS. The van der Waals surface area contributed by atoms with Crippen molar-refractivity contribution in [2.75, 3.05) is 24.5 Å². The van der Waals surface area contributed by atoms with Crippen molar-refractivity contribution in [2.24, 2.45) is 5.92 Å². The zero-order chi connectivity index (χ0) is 14.5. The molecule has 1 aromatic heterocycles. The minimum atomic E-state index is -0.193. The largest absolute Gasteiger partial charge is 0.393 e. The Kier molecular flexibility index (Phi) is 5.81. The number of aryl methyl sites for hydroxylation is 1. The number of anilines is 1. The Bertz CT molecular complexity index is 400. The molecule has 2 unspecified atom stereocenters. The molecule has 0 aromatic carbocycles. The molecule has 0 spiro atoms. The molecule has 2 heterocycles. The van der Waals surface area contributed by atoms with E-state index >= 15 is 0 Å². The summed E-state index contributed by atoms with van der Waals surface area (Å²) >= 11 is 1.75. The van der Waals surface area contributed by atoms with Gasteiger partial charge in [0, 0.05) is 24.5 Å². The summed E-state index contributed by atoms with van der Waals surface area (Å²) in [6.45, 7) is 9.31. The fourth-order valence-corrected chi connectivity index (χ4v) is 3.65. The number of rotatable bonds is 6. The van der Waals surface area contributed by atoms with Crippen molar-refractivity contribution in [1.82, 2.24) is 10.3 Å². The lowest BCUT2D eigenvalue weighted by molar-refractivity contribution is 0.162. The Labute approximate surface area is 126 Å². The lowest BCUT2D eigenvalue weighted by Gasteiger charge is -2.33. The zero-order valence-corrected chi connectivity index (χ0v) is 13.6. The van der Waals surface area contributed by atoms with E-state index in [4.69, 9.17) is 0 Å². The summed E-state index contributed by atoms with van der Waals surface area (Å²) in [5.41, 5.74) is 1.12. The molecule has 0 bridgehead atoms. The number of aliphatic hydroxyl groups is 1.